The van der Waals surface area contributed by atoms with E-state index in [0.717, 1.165) is 0 Å². The smallest absolute Gasteiger partial charge is 0.290 e. The summed E-state index contributed by atoms with van der Waals surface area (Å²) in [6.45, 7) is 3.71. The molecule has 1 unspecified atom stereocenters. The van der Waals surface area contributed by atoms with Crippen molar-refractivity contribution in [3.63, 3.8) is 0 Å². The van der Waals surface area contributed by atoms with Gasteiger partial charge < -0.3 is 14.4 Å². The first-order valence-corrected chi connectivity index (χ1v) is 7.23. The molecule has 5 nitrogen and oxygen atoms in total. The molecule has 1 aromatic heterocycles. The van der Waals surface area contributed by atoms with Gasteiger partial charge >= 0.3 is 0 Å². The molecule has 1 atom stereocenters. The van der Waals surface area contributed by atoms with Gasteiger partial charge in [-0.1, -0.05) is 18.2 Å². The molecule has 0 bridgehead atoms. The minimum atomic E-state index is -0.839. The van der Waals surface area contributed by atoms with E-state index in [4.69, 9.17) is 4.42 Å². The lowest BCUT2D eigenvalue weighted by Crippen LogP contribution is -2.31. The predicted molar refractivity (Wildman–Crippen MR) is 83.7 cm³/mol. The van der Waals surface area contributed by atoms with Gasteiger partial charge in [-0.05, 0) is 29.8 Å². The number of carbonyl (C=O) groups is 2. The number of furan rings is 1. The molecular weight excluding hydrogens is 313 g/mol. The van der Waals surface area contributed by atoms with E-state index in [-0.39, 0.29) is 17.9 Å². The van der Waals surface area contributed by atoms with E-state index < -0.39 is 29.3 Å². The third-order valence-corrected chi connectivity index (χ3v) is 3.80. The lowest BCUT2D eigenvalue weighted by molar-refractivity contribution is -0.128. The Morgan fingerprint density at radius 2 is 2.04 bits per heavy atom. The first kappa shape index (κ1) is 15.7. The molecule has 122 valence electrons. The van der Waals surface area contributed by atoms with E-state index in [1.165, 1.54) is 53.6 Å². The maximum Gasteiger partial charge on any atom is 0.290 e. The quantitative estimate of drug-likeness (QED) is 0.676. The van der Waals surface area contributed by atoms with Crippen molar-refractivity contribution in [3.8, 4) is 0 Å². The molecule has 0 aliphatic carbocycles. The Bertz CT molecular complexity index is 821. The van der Waals surface area contributed by atoms with Crippen LogP contribution in [-0.4, -0.2) is 28.2 Å². The second-order valence-corrected chi connectivity index (χ2v) is 5.27. The fourth-order valence-electron chi connectivity index (χ4n) is 2.75. The molecule has 3 rings (SSSR count). The van der Waals surface area contributed by atoms with E-state index in [2.05, 4.69) is 6.58 Å². The van der Waals surface area contributed by atoms with Gasteiger partial charge in [0.1, 0.15) is 5.82 Å². The molecule has 1 aliphatic rings. The molecule has 1 amide bonds. The highest BCUT2D eigenvalue weighted by atomic mass is 19.1. The summed E-state index contributed by atoms with van der Waals surface area (Å²) in [5.41, 5.74) is 0.411. The predicted octanol–water partition coefficient (Wildman–Crippen LogP) is 3.18. The molecule has 2 heterocycles. The zero-order valence-corrected chi connectivity index (χ0v) is 12.6. The topological polar surface area (TPSA) is 70.8 Å². The van der Waals surface area contributed by atoms with Gasteiger partial charge in [0, 0.05) is 6.54 Å². The Hall–Kier alpha value is -3.15. The molecule has 1 aliphatic heterocycles. The summed E-state index contributed by atoms with van der Waals surface area (Å²) < 4.78 is 18.3. The van der Waals surface area contributed by atoms with Crippen molar-refractivity contribution in [3.05, 3.63) is 83.8 Å². The van der Waals surface area contributed by atoms with Crippen molar-refractivity contribution in [1.29, 1.82) is 0 Å². The number of amides is 1. The van der Waals surface area contributed by atoms with E-state index in [0.29, 0.717) is 5.56 Å². The van der Waals surface area contributed by atoms with Gasteiger partial charge in [0.25, 0.3) is 5.91 Å². The molecule has 2 aromatic rings. The van der Waals surface area contributed by atoms with Crippen LogP contribution in [-0.2, 0) is 4.79 Å². The van der Waals surface area contributed by atoms with Crippen molar-refractivity contribution in [2.45, 2.75) is 6.04 Å². The van der Waals surface area contributed by atoms with Gasteiger partial charge in [0.15, 0.2) is 11.5 Å². The largest absolute Gasteiger partial charge is 0.503 e. The Balaban J connectivity index is 2.11. The minimum absolute atomic E-state index is 0.0110. The summed E-state index contributed by atoms with van der Waals surface area (Å²) in [7, 11) is 0. The highest BCUT2D eigenvalue weighted by Crippen LogP contribution is 2.38. The lowest BCUT2D eigenvalue weighted by atomic mass is 9.95. The first-order valence-electron chi connectivity index (χ1n) is 7.23. The summed E-state index contributed by atoms with van der Waals surface area (Å²) in [4.78, 5) is 26.3. The number of nitrogens with zero attached hydrogens (tertiary/aromatic N) is 1. The zero-order valence-electron chi connectivity index (χ0n) is 12.6. The molecule has 0 saturated carbocycles. The van der Waals surface area contributed by atoms with Crippen molar-refractivity contribution < 1.29 is 23.5 Å². The second-order valence-electron chi connectivity index (χ2n) is 5.27. The number of hydrogen-bond donors (Lipinski definition) is 1. The molecular formula is C18H14FNO4. The van der Waals surface area contributed by atoms with Crippen LogP contribution in [0.1, 0.15) is 22.2 Å². The maximum atomic E-state index is 13.2. The summed E-state index contributed by atoms with van der Waals surface area (Å²) in [5, 5.41) is 10.2. The van der Waals surface area contributed by atoms with Gasteiger partial charge in [0.05, 0.1) is 17.9 Å². The van der Waals surface area contributed by atoms with Crippen LogP contribution in [0.15, 0.2) is 71.1 Å². The molecule has 0 saturated heterocycles. The van der Waals surface area contributed by atoms with E-state index >= 15 is 0 Å². The number of hydrogen-bond acceptors (Lipinski definition) is 4. The van der Waals surface area contributed by atoms with Crippen LogP contribution in [0.2, 0.25) is 0 Å². The van der Waals surface area contributed by atoms with Crippen LogP contribution in [0, 0.1) is 5.82 Å². The third kappa shape index (κ3) is 2.52. The second kappa shape index (κ2) is 6.16. The van der Waals surface area contributed by atoms with E-state index in [9.17, 15) is 19.1 Å². The fraction of sp³-hybridized carbons (Fsp3) is 0.111. The zero-order chi connectivity index (χ0) is 17.3. The molecule has 0 radical (unpaired) electrons. The molecule has 0 fully saturated rings. The van der Waals surface area contributed by atoms with Crippen LogP contribution >= 0.6 is 0 Å². The lowest BCUT2D eigenvalue weighted by Gasteiger charge is -2.25. The molecule has 0 spiro atoms. The fourth-order valence-corrected chi connectivity index (χ4v) is 2.75. The SMILES string of the molecule is C=CCN1C(=O)C(O)=C(C(=O)c2ccco2)C1c1ccc(F)cc1. The minimum Gasteiger partial charge on any atom is -0.503 e. The number of halogens is 1. The Labute approximate surface area is 137 Å². The third-order valence-electron chi connectivity index (χ3n) is 3.80. The highest BCUT2D eigenvalue weighted by Gasteiger charge is 2.43. The van der Waals surface area contributed by atoms with Crippen LogP contribution in [0.4, 0.5) is 4.39 Å². The molecule has 6 heteroatoms. The summed E-state index contributed by atoms with van der Waals surface area (Å²) in [6.07, 6.45) is 2.82. The van der Waals surface area contributed by atoms with Gasteiger partial charge in [-0.15, -0.1) is 6.58 Å². The molecule has 1 aromatic carbocycles. The van der Waals surface area contributed by atoms with Crippen molar-refractivity contribution >= 4 is 11.7 Å². The Morgan fingerprint density at radius 1 is 1.33 bits per heavy atom. The number of Topliss-reactive ketones (excluding diaryl/α,β-unsaturated/α-hetero) is 1. The number of carbonyl (C=O) groups excluding carboxylic acids is 2. The summed E-state index contributed by atoms with van der Waals surface area (Å²) >= 11 is 0. The average molecular weight is 327 g/mol. The molecule has 1 N–H and O–H groups in total. The summed E-state index contributed by atoms with van der Waals surface area (Å²) in [6, 6.07) is 7.55. The van der Waals surface area contributed by atoms with Crippen molar-refractivity contribution in [2.24, 2.45) is 0 Å². The van der Waals surface area contributed by atoms with Gasteiger partial charge in [0.2, 0.25) is 5.78 Å². The van der Waals surface area contributed by atoms with Gasteiger partial charge in [-0.25, -0.2) is 4.39 Å². The maximum absolute atomic E-state index is 13.2. The van der Waals surface area contributed by atoms with Gasteiger partial charge in [-0.2, -0.15) is 0 Å². The van der Waals surface area contributed by atoms with E-state index in [1.54, 1.807) is 0 Å². The number of benzene rings is 1. The van der Waals surface area contributed by atoms with Crippen LogP contribution in [0.5, 0.6) is 0 Å². The number of ketones is 1. The Morgan fingerprint density at radius 3 is 2.62 bits per heavy atom. The summed E-state index contributed by atoms with van der Waals surface area (Å²) in [5.74, 6) is -2.33. The average Bonchev–Trinajstić information content (AvgIpc) is 3.19. The van der Waals surface area contributed by atoms with E-state index in [1.807, 2.05) is 0 Å². The monoisotopic (exact) mass is 327 g/mol. The molecule has 24 heavy (non-hydrogen) atoms. The normalized spacial score (nSPS) is 17.5. The Kier molecular flexibility index (Phi) is 4.04. The number of rotatable bonds is 5. The standard InChI is InChI=1S/C18H14FNO4/c1-2-9-20-15(11-5-7-12(19)8-6-11)14(17(22)18(20)23)16(21)13-4-3-10-24-13/h2-8,10,15,22H,1,9H2. The highest BCUT2D eigenvalue weighted by molar-refractivity contribution is 6.15. The van der Waals surface area contributed by atoms with Crippen LogP contribution < -0.4 is 0 Å². The number of aliphatic hydroxyl groups is 1. The van der Waals surface area contributed by atoms with Gasteiger partial charge in [-0.3, -0.25) is 9.59 Å². The van der Waals surface area contributed by atoms with Crippen molar-refractivity contribution in [1.82, 2.24) is 4.90 Å². The van der Waals surface area contributed by atoms with Crippen LogP contribution in [0.25, 0.3) is 0 Å². The number of aliphatic hydroxyl groups excluding tert-OH is 1. The first-order chi connectivity index (χ1) is 11.5. The van der Waals surface area contributed by atoms with Crippen LogP contribution in [0.3, 0.4) is 0 Å². The van der Waals surface area contributed by atoms with Crippen molar-refractivity contribution in [2.75, 3.05) is 6.54 Å².